The molecule has 1 aliphatic rings. The summed E-state index contributed by atoms with van der Waals surface area (Å²) in [5.41, 5.74) is 0.513. The Hall–Kier alpha value is -2.50. The Morgan fingerprint density at radius 1 is 1.08 bits per heavy atom. The Morgan fingerprint density at radius 3 is 2.38 bits per heavy atom. The average Bonchev–Trinajstić information content (AvgIpc) is 2.86. The van der Waals surface area contributed by atoms with Crippen LogP contribution in [0.4, 0.5) is 10.1 Å². The Kier molecular flexibility index (Phi) is 10.1. The van der Waals surface area contributed by atoms with Crippen LogP contribution in [0.5, 0.6) is 0 Å². The molecule has 1 saturated carbocycles. The first-order valence-corrected chi connectivity index (χ1v) is 14.5. The third-order valence-electron chi connectivity index (χ3n) is 6.50. The molecule has 3 rings (SSSR count). The van der Waals surface area contributed by atoms with E-state index in [1.54, 1.807) is 6.92 Å². The van der Waals surface area contributed by atoms with Gasteiger partial charge < -0.3 is 10.2 Å². The zero-order valence-electron chi connectivity index (χ0n) is 21.4. The molecule has 0 bridgehead atoms. The van der Waals surface area contributed by atoms with E-state index in [-0.39, 0.29) is 24.2 Å². The lowest BCUT2D eigenvalue weighted by Gasteiger charge is -2.34. The number of halogens is 2. The number of nitrogens with one attached hydrogen (secondary N) is 1. The number of nitrogens with zero attached hydrogens (tertiary/aromatic N) is 3. The summed E-state index contributed by atoms with van der Waals surface area (Å²) >= 11 is 3.42. The molecule has 0 aromatic heterocycles. The average molecular weight is 598 g/mol. The molecule has 37 heavy (non-hydrogen) atoms. The van der Waals surface area contributed by atoms with Crippen LogP contribution in [-0.4, -0.2) is 62.2 Å². The molecule has 2 aromatic rings. The highest BCUT2D eigenvalue weighted by Crippen LogP contribution is 2.24. The number of amides is 2. The maximum atomic E-state index is 14.7. The van der Waals surface area contributed by atoms with Gasteiger partial charge in [-0.15, -0.1) is 0 Å². The van der Waals surface area contributed by atoms with Crippen LogP contribution < -0.4 is 9.62 Å². The van der Waals surface area contributed by atoms with Crippen molar-refractivity contribution in [1.29, 1.82) is 0 Å². The summed E-state index contributed by atoms with van der Waals surface area (Å²) < 4.78 is 43.5. The minimum atomic E-state index is -4.22. The van der Waals surface area contributed by atoms with Gasteiger partial charge in [-0.1, -0.05) is 59.5 Å². The molecule has 1 atom stereocenters. The zero-order chi connectivity index (χ0) is 27.2. The van der Waals surface area contributed by atoms with Crippen LogP contribution in [0.1, 0.15) is 44.6 Å². The van der Waals surface area contributed by atoms with Crippen molar-refractivity contribution in [3.05, 3.63) is 64.4 Å². The molecule has 1 N–H and O–H groups in total. The fraction of sp³-hybridized carbons (Fsp3) is 0.462. The normalized spacial score (nSPS) is 15.3. The predicted molar refractivity (Wildman–Crippen MR) is 146 cm³/mol. The van der Waals surface area contributed by atoms with Gasteiger partial charge in [0.25, 0.3) is 0 Å². The van der Waals surface area contributed by atoms with Crippen molar-refractivity contribution in [2.75, 3.05) is 24.9 Å². The smallest absolute Gasteiger partial charge is 0.304 e. The lowest BCUT2D eigenvalue weighted by atomic mass is 9.95. The van der Waals surface area contributed by atoms with Gasteiger partial charge in [0.05, 0.1) is 5.69 Å². The predicted octanol–water partition coefficient (Wildman–Crippen LogP) is 4.07. The van der Waals surface area contributed by atoms with Crippen molar-refractivity contribution in [2.24, 2.45) is 0 Å². The number of carbonyl (C=O) groups excluding carboxylic acids is 2. The molecule has 1 aliphatic carbocycles. The fourth-order valence-corrected chi connectivity index (χ4v) is 5.85. The van der Waals surface area contributed by atoms with E-state index < -0.39 is 34.5 Å². The Balaban J connectivity index is 1.93. The van der Waals surface area contributed by atoms with Crippen LogP contribution in [0, 0.1) is 5.82 Å². The van der Waals surface area contributed by atoms with Crippen LogP contribution in [0.3, 0.4) is 0 Å². The zero-order valence-corrected chi connectivity index (χ0v) is 23.8. The summed E-state index contributed by atoms with van der Waals surface area (Å²) in [6.45, 7) is 1.03. The topological polar surface area (TPSA) is 90.0 Å². The lowest BCUT2D eigenvalue weighted by molar-refractivity contribution is -0.139. The Morgan fingerprint density at radius 2 is 1.76 bits per heavy atom. The van der Waals surface area contributed by atoms with Gasteiger partial charge in [-0.3, -0.25) is 9.59 Å². The minimum absolute atomic E-state index is 0.0514. The van der Waals surface area contributed by atoms with Crippen molar-refractivity contribution < 1.29 is 22.4 Å². The van der Waals surface area contributed by atoms with Crippen molar-refractivity contribution in [2.45, 2.75) is 57.7 Å². The minimum Gasteiger partial charge on any atom is -0.352 e. The van der Waals surface area contributed by atoms with Crippen molar-refractivity contribution in [3.8, 4) is 0 Å². The van der Waals surface area contributed by atoms with Crippen LogP contribution in [0.25, 0.3) is 0 Å². The molecule has 0 spiro atoms. The summed E-state index contributed by atoms with van der Waals surface area (Å²) in [6.07, 6.45) is 5.00. The molecular weight excluding hydrogens is 563 g/mol. The van der Waals surface area contributed by atoms with Crippen LogP contribution in [0.2, 0.25) is 0 Å². The number of para-hydroxylation sites is 1. The molecule has 8 nitrogen and oxygen atoms in total. The van der Waals surface area contributed by atoms with Gasteiger partial charge in [-0.25, -0.2) is 8.70 Å². The van der Waals surface area contributed by atoms with E-state index in [0.717, 1.165) is 56.8 Å². The quantitative estimate of drug-likeness (QED) is 0.448. The van der Waals surface area contributed by atoms with E-state index in [2.05, 4.69) is 21.2 Å². The monoisotopic (exact) mass is 596 g/mol. The fourth-order valence-electron chi connectivity index (χ4n) is 4.34. The van der Waals surface area contributed by atoms with Crippen LogP contribution >= 0.6 is 15.9 Å². The van der Waals surface area contributed by atoms with Crippen LogP contribution in [0.15, 0.2) is 53.0 Å². The molecule has 1 unspecified atom stereocenters. The van der Waals surface area contributed by atoms with E-state index >= 15 is 0 Å². The summed E-state index contributed by atoms with van der Waals surface area (Å²) in [5.74, 6) is -1.70. The maximum absolute atomic E-state index is 14.7. The highest BCUT2D eigenvalue weighted by atomic mass is 79.9. The first-order valence-electron chi connectivity index (χ1n) is 12.3. The Bertz CT molecular complexity index is 1200. The first-order chi connectivity index (χ1) is 17.5. The van der Waals surface area contributed by atoms with Gasteiger partial charge in [0, 0.05) is 31.2 Å². The van der Waals surface area contributed by atoms with E-state index in [4.69, 9.17) is 0 Å². The second kappa shape index (κ2) is 12.8. The maximum Gasteiger partial charge on any atom is 0.304 e. The van der Waals surface area contributed by atoms with E-state index in [1.807, 2.05) is 24.3 Å². The second-order valence-corrected chi connectivity index (χ2v) is 12.4. The SMILES string of the molecule is CC(C(=O)NC1CCCCC1)N(Cc1cccc(Br)c1)C(=O)CN(c1ccccc1F)S(=O)(=O)N(C)C. The largest absolute Gasteiger partial charge is 0.352 e. The number of anilines is 1. The summed E-state index contributed by atoms with van der Waals surface area (Å²) in [7, 11) is -1.59. The highest BCUT2D eigenvalue weighted by Gasteiger charge is 2.34. The lowest BCUT2D eigenvalue weighted by Crippen LogP contribution is -2.53. The number of benzene rings is 2. The van der Waals surface area contributed by atoms with Gasteiger partial charge in [-0.2, -0.15) is 12.7 Å². The third-order valence-corrected chi connectivity index (χ3v) is 8.80. The summed E-state index contributed by atoms with van der Waals surface area (Å²) in [4.78, 5) is 28.3. The van der Waals surface area contributed by atoms with E-state index in [1.165, 1.54) is 37.2 Å². The number of carbonyl (C=O) groups is 2. The second-order valence-electron chi connectivity index (χ2n) is 9.42. The van der Waals surface area contributed by atoms with Gasteiger partial charge >= 0.3 is 10.2 Å². The molecular formula is C26H34BrFN4O4S. The van der Waals surface area contributed by atoms with Crippen molar-refractivity contribution in [1.82, 2.24) is 14.5 Å². The summed E-state index contributed by atoms with van der Waals surface area (Å²) in [5, 5.41) is 3.05. The molecule has 2 aromatic carbocycles. The van der Waals surface area contributed by atoms with Crippen molar-refractivity contribution >= 4 is 43.6 Å². The standard InChI is InChI=1S/C26H34BrFN4O4S/c1-19(26(34)29-22-12-5-4-6-13-22)31(17-20-10-9-11-21(27)16-20)25(33)18-32(37(35,36)30(2)3)24-15-8-7-14-23(24)28/h7-11,14-16,19,22H,4-6,12-13,17-18H2,1-3H3,(H,29,34). The van der Waals surface area contributed by atoms with E-state index in [9.17, 15) is 22.4 Å². The molecule has 2 amide bonds. The van der Waals surface area contributed by atoms with Gasteiger partial charge in [0.15, 0.2) is 0 Å². The molecule has 202 valence electrons. The van der Waals surface area contributed by atoms with Crippen LogP contribution in [-0.2, 0) is 26.3 Å². The van der Waals surface area contributed by atoms with Crippen molar-refractivity contribution in [3.63, 3.8) is 0 Å². The molecule has 0 saturated heterocycles. The first kappa shape index (κ1) is 29.1. The highest BCUT2D eigenvalue weighted by molar-refractivity contribution is 9.10. The number of rotatable bonds is 10. The molecule has 0 heterocycles. The Labute approximate surface area is 227 Å². The molecule has 11 heteroatoms. The molecule has 0 aliphatic heterocycles. The van der Waals surface area contributed by atoms with Gasteiger partial charge in [0.1, 0.15) is 18.4 Å². The third kappa shape index (κ3) is 7.52. The van der Waals surface area contributed by atoms with Gasteiger partial charge in [-0.05, 0) is 49.6 Å². The molecule has 0 radical (unpaired) electrons. The number of hydrogen-bond acceptors (Lipinski definition) is 4. The molecule has 1 fully saturated rings. The summed E-state index contributed by atoms with van der Waals surface area (Å²) in [6, 6.07) is 11.9. The number of hydrogen-bond donors (Lipinski definition) is 1. The van der Waals surface area contributed by atoms with E-state index in [0.29, 0.717) is 0 Å². The van der Waals surface area contributed by atoms with Gasteiger partial charge in [0.2, 0.25) is 11.8 Å².